The van der Waals surface area contributed by atoms with Crippen LogP contribution in [0.1, 0.15) is 26.5 Å². The minimum absolute atomic E-state index is 0.0749. The fourth-order valence-electron chi connectivity index (χ4n) is 2.72. The lowest BCUT2D eigenvalue weighted by molar-refractivity contribution is -0.143. The van der Waals surface area contributed by atoms with Crippen molar-refractivity contribution in [1.29, 1.82) is 0 Å². The molecule has 132 valence electrons. The summed E-state index contributed by atoms with van der Waals surface area (Å²) in [6.45, 7) is -0.373. The van der Waals surface area contributed by atoms with Crippen LogP contribution in [-0.4, -0.2) is 43.8 Å². The summed E-state index contributed by atoms with van der Waals surface area (Å²) in [5.74, 6) is -0.908. The molecule has 1 aromatic heterocycles. The molecule has 0 saturated heterocycles. The van der Waals surface area contributed by atoms with Crippen LogP contribution in [0, 0.1) is 6.92 Å². The number of carbonyl (C=O) groups is 2. The molecule has 7 nitrogen and oxygen atoms in total. The zero-order valence-electron chi connectivity index (χ0n) is 13.1. The smallest absolute Gasteiger partial charge is 0.277 e. The second kappa shape index (κ2) is 5.87. The Balaban J connectivity index is 1.78. The molecule has 2 amide bonds. The van der Waals surface area contributed by atoms with Gasteiger partial charge in [-0.25, -0.2) is 9.48 Å². The second-order valence-electron chi connectivity index (χ2n) is 5.56. The fraction of sp³-hybridized carbons (Fsp3) is 0.333. The number of imide groups is 1. The van der Waals surface area contributed by atoms with Crippen molar-refractivity contribution < 1.29 is 22.8 Å². The van der Waals surface area contributed by atoms with E-state index in [1.54, 1.807) is 12.1 Å². The topological polar surface area (TPSA) is 77.2 Å². The summed E-state index contributed by atoms with van der Waals surface area (Å²) in [7, 11) is 0. The highest BCUT2D eigenvalue weighted by Crippen LogP contribution is 2.22. The highest BCUT2D eigenvalue weighted by atomic mass is 19.4. The van der Waals surface area contributed by atoms with E-state index in [9.17, 15) is 27.6 Å². The van der Waals surface area contributed by atoms with Gasteiger partial charge in [-0.1, -0.05) is 12.1 Å². The minimum Gasteiger partial charge on any atom is -0.277 e. The molecule has 1 aliphatic heterocycles. The van der Waals surface area contributed by atoms with Crippen LogP contribution < -0.4 is 5.69 Å². The van der Waals surface area contributed by atoms with Crippen LogP contribution in [0.4, 0.5) is 13.2 Å². The molecule has 0 bridgehead atoms. The fourth-order valence-corrected chi connectivity index (χ4v) is 2.72. The summed E-state index contributed by atoms with van der Waals surface area (Å²) >= 11 is 0. The molecule has 25 heavy (non-hydrogen) atoms. The maximum absolute atomic E-state index is 12.4. The number of carbonyl (C=O) groups excluding carboxylic acids is 2. The van der Waals surface area contributed by atoms with Crippen molar-refractivity contribution in [1.82, 2.24) is 19.2 Å². The lowest BCUT2D eigenvalue weighted by Gasteiger charge is -2.14. The van der Waals surface area contributed by atoms with Gasteiger partial charge in [0, 0.05) is 13.1 Å². The molecule has 0 radical (unpaired) electrons. The normalized spacial score (nSPS) is 14.3. The number of aryl methyl sites for hydroxylation is 1. The Bertz CT molecular complexity index is 878. The van der Waals surface area contributed by atoms with Crippen molar-refractivity contribution in [3.05, 3.63) is 51.7 Å². The van der Waals surface area contributed by atoms with Gasteiger partial charge in [0.25, 0.3) is 11.8 Å². The van der Waals surface area contributed by atoms with Gasteiger partial charge >= 0.3 is 11.9 Å². The standard InChI is InChI=1S/C15H13F3N4O3/c1-9-19-22(8-15(16,17)18)14(25)20(9)6-7-21-12(23)10-4-2-3-5-11(10)13(21)24/h2-5H,6-8H2,1H3. The van der Waals surface area contributed by atoms with Gasteiger partial charge in [-0.3, -0.25) is 19.1 Å². The van der Waals surface area contributed by atoms with Crippen LogP contribution in [0.3, 0.4) is 0 Å². The summed E-state index contributed by atoms with van der Waals surface area (Å²) in [5, 5.41) is 3.58. The molecule has 3 rings (SSSR count). The van der Waals surface area contributed by atoms with Crippen LogP contribution in [0.2, 0.25) is 0 Å². The van der Waals surface area contributed by atoms with Crippen molar-refractivity contribution >= 4 is 11.8 Å². The van der Waals surface area contributed by atoms with Gasteiger partial charge in [-0.05, 0) is 19.1 Å². The van der Waals surface area contributed by atoms with Crippen LogP contribution in [0.5, 0.6) is 0 Å². The number of fused-ring (bicyclic) bond motifs is 1. The first kappa shape index (κ1) is 16.9. The zero-order chi connectivity index (χ0) is 18.4. The van der Waals surface area contributed by atoms with Crippen molar-refractivity contribution in [3.8, 4) is 0 Å². The van der Waals surface area contributed by atoms with Gasteiger partial charge in [0.05, 0.1) is 11.1 Å². The summed E-state index contributed by atoms with van der Waals surface area (Å²) in [6, 6.07) is 6.30. The zero-order valence-corrected chi connectivity index (χ0v) is 13.1. The molecule has 0 saturated carbocycles. The van der Waals surface area contributed by atoms with E-state index in [0.717, 1.165) is 9.47 Å². The van der Waals surface area contributed by atoms with Crippen molar-refractivity contribution in [2.75, 3.05) is 6.54 Å². The van der Waals surface area contributed by atoms with E-state index in [1.807, 2.05) is 0 Å². The van der Waals surface area contributed by atoms with Gasteiger partial charge in [-0.2, -0.15) is 18.3 Å². The number of hydrogen-bond acceptors (Lipinski definition) is 4. The van der Waals surface area contributed by atoms with E-state index in [1.165, 1.54) is 19.1 Å². The second-order valence-corrected chi connectivity index (χ2v) is 5.56. The van der Waals surface area contributed by atoms with Crippen LogP contribution in [0.25, 0.3) is 0 Å². The van der Waals surface area contributed by atoms with Gasteiger partial charge in [-0.15, -0.1) is 0 Å². The monoisotopic (exact) mass is 354 g/mol. The molecule has 10 heteroatoms. The minimum atomic E-state index is -4.57. The maximum atomic E-state index is 12.4. The first-order chi connectivity index (χ1) is 11.7. The van der Waals surface area contributed by atoms with E-state index >= 15 is 0 Å². The summed E-state index contributed by atoms with van der Waals surface area (Å²) in [5.41, 5.74) is -0.403. The Labute approximate surface area is 139 Å². The molecule has 2 heterocycles. The van der Waals surface area contributed by atoms with Crippen molar-refractivity contribution in [2.45, 2.75) is 26.2 Å². The maximum Gasteiger partial charge on any atom is 0.408 e. The number of aromatic nitrogens is 3. The molecule has 2 aromatic rings. The van der Waals surface area contributed by atoms with Gasteiger partial charge < -0.3 is 0 Å². The van der Waals surface area contributed by atoms with E-state index in [-0.39, 0.29) is 30.0 Å². The highest BCUT2D eigenvalue weighted by molar-refractivity contribution is 6.21. The number of amides is 2. The Morgan fingerprint density at radius 1 is 1.00 bits per heavy atom. The molecule has 1 aliphatic rings. The van der Waals surface area contributed by atoms with E-state index in [0.29, 0.717) is 4.68 Å². The van der Waals surface area contributed by atoms with E-state index in [4.69, 9.17) is 0 Å². The first-order valence-corrected chi connectivity index (χ1v) is 7.35. The summed E-state index contributed by atoms with van der Waals surface area (Å²) in [6.07, 6.45) is -4.57. The number of nitrogens with zero attached hydrogens (tertiary/aromatic N) is 4. The third-order valence-corrected chi connectivity index (χ3v) is 3.86. The predicted molar refractivity (Wildman–Crippen MR) is 79.1 cm³/mol. The lowest BCUT2D eigenvalue weighted by atomic mass is 10.1. The molecule has 0 fully saturated rings. The Morgan fingerprint density at radius 2 is 1.56 bits per heavy atom. The van der Waals surface area contributed by atoms with Gasteiger partial charge in [0.1, 0.15) is 12.4 Å². The molecule has 0 aliphatic carbocycles. The average Bonchev–Trinajstić information content (AvgIpc) is 2.92. The van der Waals surface area contributed by atoms with Gasteiger partial charge in [0.2, 0.25) is 0 Å². The van der Waals surface area contributed by atoms with Crippen LogP contribution >= 0.6 is 0 Å². The Morgan fingerprint density at radius 3 is 2.08 bits per heavy atom. The largest absolute Gasteiger partial charge is 0.408 e. The molecule has 0 spiro atoms. The van der Waals surface area contributed by atoms with Crippen molar-refractivity contribution in [2.24, 2.45) is 0 Å². The molecule has 0 atom stereocenters. The molecule has 1 aromatic carbocycles. The lowest BCUT2D eigenvalue weighted by Crippen LogP contribution is -2.36. The van der Waals surface area contributed by atoms with Crippen molar-refractivity contribution in [3.63, 3.8) is 0 Å². The Hall–Kier alpha value is -2.91. The third kappa shape index (κ3) is 3.06. The Kier molecular flexibility index (Phi) is 3.97. The van der Waals surface area contributed by atoms with Crippen LogP contribution in [0.15, 0.2) is 29.1 Å². The molecule has 0 N–H and O–H groups in total. The highest BCUT2D eigenvalue weighted by Gasteiger charge is 2.35. The number of rotatable bonds is 4. The number of hydrogen-bond donors (Lipinski definition) is 0. The van der Waals surface area contributed by atoms with E-state index in [2.05, 4.69) is 5.10 Å². The summed E-state index contributed by atoms with van der Waals surface area (Å²) < 4.78 is 38.7. The predicted octanol–water partition coefficient (Wildman–Crippen LogP) is 1.21. The number of alkyl halides is 3. The molecular formula is C15H13F3N4O3. The molecular weight excluding hydrogens is 341 g/mol. The average molecular weight is 354 g/mol. The summed E-state index contributed by atoms with van der Waals surface area (Å²) in [4.78, 5) is 37.5. The quantitative estimate of drug-likeness (QED) is 0.774. The van der Waals surface area contributed by atoms with E-state index < -0.39 is 30.2 Å². The SMILES string of the molecule is Cc1nn(CC(F)(F)F)c(=O)n1CCN1C(=O)c2ccccc2C1=O. The molecule has 0 unspecified atom stereocenters. The van der Waals surface area contributed by atoms with Crippen LogP contribution in [-0.2, 0) is 13.1 Å². The number of halogens is 3. The first-order valence-electron chi connectivity index (χ1n) is 7.35. The van der Waals surface area contributed by atoms with Gasteiger partial charge in [0.15, 0.2) is 0 Å². The number of benzene rings is 1. The third-order valence-electron chi connectivity index (χ3n) is 3.86.